The van der Waals surface area contributed by atoms with Gasteiger partial charge in [-0.25, -0.2) is 14.8 Å². The van der Waals surface area contributed by atoms with Crippen molar-refractivity contribution in [3.63, 3.8) is 0 Å². The lowest BCUT2D eigenvalue weighted by atomic mass is 10.0. The summed E-state index contributed by atoms with van der Waals surface area (Å²) < 4.78 is 10.1. The van der Waals surface area contributed by atoms with Gasteiger partial charge >= 0.3 is 12.0 Å². The van der Waals surface area contributed by atoms with E-state index < -0.39 is 5.97 Å². The lowest BCUT2D eigenvalue weighted by Crippen LogP contribution is -2.44. The molecule has 0 unspecified atom stereocenters. The van der Waals surface area contributed by atoms with Gasteiger partial charge in [0, 0.05) is 43.9 Å². The van der Waals surface area contributed by atoms with Crippen LogP contribution in [0.25, 0.3) is 0 Å². The van der Waals surface area contributed by atoms with Gasteiger partial charge in [0.25, 0.3) is 0 Å². The molecule has 0 aliphatic carbocycles. The van der Waals surface area contributed by atoms with Gasteiger partial charge in [-0.3, -0.25) is 4.79 Å². The van der Waals surface area contributed by atoms with Gasteiger partial charge in [0.2, 0.25) is 0 Å². The van der Waals surface area contributed by atoms with Crippen molar-refractivity contribution in [3.8, 4) is 5.75 Å². The first-order valence-corrected chi connectivity index (χ1v) is 11.3. The Morgan fingerprint density at radius 2 is 1.82 bits per heavy atom. The molecule has 1 N–H and O–H groups in total. The molecular weight excluding hydrogens is 422 g/mol. The van der Waals surface area contributed by atoms with Crippen molar-refractivity contribution in [1.29, 1.82) is 0 Å². The minimum atomic E-state index is -0.433. The Balaban J connectivity index is 1.72. The lowest BCUT2D eigenvalue weighted by Gasteiger charge is -2.26. The van der Waals surface area contributed by atoms with Gasteiger partial charge in [-0.15, -0.1) is 0 Å². The smallest absolute Gasteiger partial charge is 0.325 e. The zero-order valence-corrected chi connectivity index (χ0v) is 19.9. The second-order valence-corrected chi connectivity index (χ2v) is 7.97. The molecule has 0 spiro atoms. The van der Waals surface area contributed by atoms with Crippen LogP contribution in [-0.2, 0) is 16.0 Å². The number of nitrogens with one attached hydrogen (secondary N) is 1. The zero-order valence-electron chi connectivity index (χ0n) is 19.9. The van der Waals surface area contributed by atoms with Gasteiger partial charge in [-0.2, -0.15) is 0 Å². The van der Waals surface area contributed by atoms with Crippen LogP contribution in [0.2, 0.25) is 0 Å². The predicted octanol–water partition coefficient (Wildman–Crippen LogP) is 2.48. The topological polar surface area (TPSA) is 96.9 Å². The first-order chi connectivity index (χ1) is 15.9. The molecule has 2 aromatic rings. The van der Waals surface area contributed by atoms with E-state index in [0.717, 1.165) is 47.2 Å². The van der Waals surface area contributed by atoms with Crippen molar-refractivity contribution in [1.82, 2.24) is 20.2 Å². The second-order valence-electron chi connectivity index (χ2n) is 7.97. The summed E-state index contributed by atoms with van der Waals surface area (Å²) in [5.74, 6) is 2.04. The molecule has 9 heteroatoms. The SMILES string of the molecule is CCOC(=O)CNC(=O)N1CCCN(c2nc(C)nc(C)c2Cc2ccc(OC)cc2)CC1. The number of hydrogen-bond donors (Lipinski definition) is 1. The van der Waals surface area contributed by atoms with Gasteiger partial charge in [-0.05, 0) is 44.9 Å². The molecule has 9 nitrogen and oxygen atoms in total. The molecule has 178 valence electrons. The van der Waals surface area contributed by atoms with Crippen LogP contribution in [0.5, 0.6) is 5.75 Å². The molecule has 33 heavy (non-hydrogen) atoms. The van der Waals surface area contributed by atoms with E-state index in [2.05, 4.69) is 27.3 Å². The molecule has 2 amide bonds. The number of benzene rings is 1. The van der Waals surface area contributed by atoms with Gasteiger partial charge < -0.3 is 24.6 Å². The number of anilines is 1. The lowest BCUT2D eigenvalue weighted by molar-refractivity contribution is -0.141. The summed E-state index contributed by atoms with van der Waals surface area (Å²) in [6, 6.07) is 7.77. The first kappa shape index (κ1) is 24.3. The van der Waals surface area contributed by atoms with Crippen molar-refractivity contribution in [2.24, 2.45) is 0 Å². The van der Waals surface area contributed by atoms with Crippen LogP contribution in [0, 0.1) is 13.8 Å². The number of aryl methyl sites for hydroxylation is 2. The maximum Gasteiger partial charge on any atom is 0.325 e. The molecule has 0 bridgehead atoms. The highest BCUT2D eigenvalue weighted by Gasteiger charge is 2.23. The quantitative estimate of drug-likeness (QED) is 0.641. The fraction of sp³-hybridized carbons (Fsp3) is 0.500. The van der Waals surface area contributed by atoms with Gasteiger partial charge in [0.1, 0.15) is 23.9 Å². The van der Waals surface area contributed by atoms with Crippen LogP contribution < -0.4 is 15.0 Å². The molecule has 1 saturated heterocycles. The van der Waals surface area contributed by atoms with E-state index in [1.165, 1.54) is 0 Å². The van der Waals surface area contributed by atoms with Crippen molar-refractivity contribution >= 4 is 17.8 Å². The highest BCUT2D eigenvalue weighted by molar-refractivity contribution is 5.80. The number of carbonyl (C=O) groups excluding carboxylic acids is 2. The number of esters is 1. The summed E-state index contributed by atoms with van der Waals surface area (Å²) in [7, 11) is 1.66. The Bertz CT molecular complexity index is 964. The van der Waals surface area contributed by atoms with Crippen molar-refractivity contribution in [2.75, 3.05) is 51.3 Å². The molecule has 2 heterocycles. The van der Waals surface area contributed by atoms with Crippen molar-refractivity contribution in [3.05, 3.63) is 46.9 Å². The van der Waals surface area contributed by atoms with Crippen LogP contribution in [0.1, 0.15) is 36.0 Å². The number of carbonyl (C=O) groups is 2. The van der Waals surface area contributed by atoms with Crippen molar-refractivity contribution < 1.29 is 19.1 Å². The van der Waals surface area contributed by atoms with Crippen molar-refractivity contribution in [2.45, 2.75) is 33.6 Å². The standard InChI is InChI=1S/C24H33N5O4/c1-5-33-22(30)16-25-24(31)29-12-6-11-28(13-14-29)23-21(17(2)26-18(3)27-23)15-19-7-9-20(32-4)10-8-19/h7-10H,5-6,11-16H2,1-4H3,(H,25,31). The Kier molecular flexibility index (Phi) is 8.46. The van der Waals surface area contributed by atoms with E-state index in [9.17, 15) is 9.59 Å². The maximum atomic E-state index is 12.5. The molecule has 1 aliphatic heterocycles. The van der Waals surface area contributed by atoms with Crippen LogP contribution in [0.15, 0.2) is 24.3 Å². The third-order valence-corrected chi connectivity index (χ3v) is 5.62. The summed E-state index contributed by atoms with van der Waals surface area (Å²) in [5, 5.41) is 2.65. The highest BCUT2D eigenvalue weighted by Crippen LogP contribution is 2.26. The van der Waals surface area contributed by atoms with E-state index >= 15 is 0 Å². The van der Waals surface area contributed by atoms with Crippen LogP contribution in [0.4, 0.5) is 10.6 Å². The monoisotopic (exact) mass is 455 g/mol. The fourth-order valence-electron chi connectivity index (χ4n) is 3.94. The fourth-order valence-corrected chi connectivity index (χ4v) is 3.94. The van der Waals surface area contributed by atoms with Gasteiger partial charge in [0.15, 0.2) is 0 Å². The predicted molar refractivity (Wildman–Crippen MR) is 126 cm³/mol. The van der Waals surface area contributed by atoms with Crippen LogP contribution in [-0.4, -0.2) is 73.3 Å². The number of methoxy groups -OCH3 is 1. The summed E-state index contributed by atoms with van der Waals surface area (Å²) in [6.07, 6.45) is 1.52. The summed E-state index contributed by atoms with van der Waals surface area (Å²) in [4.78, 5) is 37.4. The number of hydrogen-bond acceptors (Lipinski definition) is 7. The molecule has 0 atom stereocenters. The van der Waals surface area contributed by atoms with E-state index in [1.54, 1.807) is 18.9 Å². The number of amides is 2. The molecule has 1 aromatic carbocycles. The second kappa shape index (κ2) is 11.5. The summed E-state index contributed by atoms with van der Waals surface area (Å²) in [5.41, 5.74) is 3.20. The minimum absolute atomic E-state index is 0.122. The molecule has 0 saturated carbocycles. The molecule has 1 aliphatic rings. The Morgan fingerprint density at radius 3 is 2.52 bits per heavy atom. The number of urea groups is 1. The Labute approximate surface area is 195 Å². The van der Waals surface area contributed by atoms with Crippen LogP contribution >= 0.6 is 0 Å². The normalized spacial score (nSPS) is 13.9. The van der Waals surface area contributed by atoms with E-state index in [1.807, 2.05) is 26.0 Å². The highest BCUT2D eigenvalue weighted by atomic mass is 16.5. The minimum Gasteiger partial charge on any atom is -0.497 e. The molecule has 1 fully saturated rings. The largest absolute Gasteiger partial charge is 0.497 e. The summed E-state index contributed by atoms with van der Waals surface area (Å²) in [6.45, 7) is 8.42. The van der Waals surface area contributed by atoms with E-state index in [-0.39, 0.29) is 12.6 Å². The zero-order chi connectivity index (χ0) is 23.8. The first-order valence-electron chi connectivity index (χ1n) is 11.3. The molecule has 1 aromatic heterocycles. The molecular formula is C24H33N5O4. The number of aromatic nitrogens is 2. The Hall–Kier alpha value is -3.36. The number of nitrogens with zero attached hydrogens (tertiary/aromatic N) is 4. The number of rotatable bonds is 7. The average Bonchev–Trinajstić information content (AvgIpc) is 3.06. The molecule has 0 radical (unpaired) electrons. The third kappa shape index (κ3) is 6.57. The van der Waals surface area contributed by atoms with Crippen LogP contribution in [0.3, 0.4) is 0 Å². The van der Waals surface area contributed by atoms with E-state index in [4.69, 9.17) is 14.5 Å². The average molecular weight is 456 g/mol. The molecule has 3 rings (SSSR count). The third-order valence-electron chi connectivity index (χ3n) is 5.62. The van der Waals surface area contributed by atoms with E-state index in [0.29, 0.717) is 32.7 Å². The van der Waals surface area contributed by atoms with Gasteiger partial charge in [-0.1, -0.05) is 12.1 Å². The Morgan fingerprint density at radius 1 is 1.06 bits per heavy atom. The summed E-state index contributed by atoms with van der Waals surface area (Å²) >= 11 is 0. The number of ether oxygens (including phenoxy) is 2. The van der Waals surface area contributed by atoms with Gasteiger partial charge in [0.05, 0.1) is 13.7 Å². The maximum absolute atomic E-state index is 12.5.